The van der Waals surface area contributed by atoms with E-state index in [2.05, 4.69) is 10.4 Å². The first-order valence-corrected chi connectivity index (χ1v) is 4.88. The van der Waals surface area contributed by atoms with E-state index in [0.717, 1.165) is 16.2 Å². The third-order valence-electron chi connectivity index (χ3n) is 2.14. The Labute approximate surface area is 87.7 Å². The molecule has 2 aromatic heterocycles. The van der Waals surface area contributed by atoms with Crippen LogP contribution in [0.3, 0.4) is 0 Å². The van der Waals surface area contributed by atoms with Crippen LogP contribution in [0.1, 0.15) is 11.3 Å². The van der Waals surface area contributed by atoms with Crippen LogP contribution in [0.15, 0.2) is 18.3 Å². The van der Waals surface area contributed by atoms with Gasteiger partial charge in [0.25, 0.3) is 0 Å². The summed E-state index contributed by atoms with van der Waals surface area (Å²) < 4.78 is 1.81. The third-order valence-corrected chi connectivity index (χ3v) is 2.55. The maximum Gasteiger partial charge on any atom is 0.0959 e. The molecule has 0 saturated heterocycles. The van der Waals surface area contributed by atoms with E-state index in [0.29, 0.717) is 6.54 Å². The number of rotatable bonds is 2. The minimum Gasteiger partial charge on any atom is -0.314 e. The van der Waals surface area contributed by atoms with Crippen molar-refractivity contribution in [2.75, 3.05) is 7.05 Å². The molecule has 0 amide bonds. The Morgan fingerprint density at radius 3 is 3.07 bits per heavy atom. The number of nitrogens with one attached hydrogen (secondary N) is 1. The van der Waals surface area contributed by atoms with Gasteiger partial charge in [-0.3, -0.25) is 0 Å². The van der Waals surface area contributed by atoms with Crippen LogP contribution in [-0.4, -0.2) is 16.7 Å². The summed E-state index contributed by atoms with van der Waals surface area (Å²) in [4.78, 5) is 0. The monoisotopic (exact) mass is 209 g/mol. The summed E-state index contributed by atoms with van der Waals surface area (Å²) in [5, 5.41) is 8.14. The molecule has 2 rings (SSSR count). The van der Waals surface area contributed by atoms with E-state index in [-0.39, 0.29) is 0 Å². The number of nitrogens with zero attached hydrogens (tertiary/aromatic N) is 2. The molecule has 2 aromatic rings. The van der Waals surface area contributed by atoms with E-state index >= 15 is 0 Å². The number of pyridine rings is 1. The van der Waals surface area contributed by atoms with Crippen LogP contribution in [0.25, 0.3) is 5.52 Å². The average Bonchev–Trinajstić information content (AvgIpc) is 2.46. The number of hydrogen-bond donors (Lipinski definition) is 1. The molecule has 0 unspecified atom stereocenters. The van der Waals surface area contributed by atoms with Crippen LogP contribution in [0.5, 0.6) is 0 Å². The summed E-state index contributed by atoms with van der Waals surface area (Å²) in [6, 6.07) is 4.05. The third kappa shape index (κ3) is 1.49. The fourth-order valence-electron chi connectivity index (χ4n) is 1.45. The average molecular weight is 210 g/mol. The lowest BCUT2D eigenvalue weighted by atomic mass is 10.2. The second-order valence-electron chi connectivity index (χ2n) is 3.32. The zero-order chi connectivity index (χ0) is 10.1. The molecule has 0 aliphatic carbocycles. The van der Waals surface area contributed by atoms with Crippen molar-refractivity contribution in [3.05, 3.63) is 34.6 Å². The molecular formula is C10H12ClN3. The van der Waals surface area contributed by atoms with Gasteiger partial charge in [-0.1, -0.05) is 11.6 Å². The van der Waals surface area contributed by atoms with Gasteiger partial charge in [0.1, 0.15) is 0 Å². The summed E-state index contributed by atoms with van der Waals surface area (Å²) in [7, 11) is 1.88. The fraction of sp³-hybridized carbons (Fsp3) is 0.300. The Bertz CT molecular complexity index is 462. The second-order valence-corrected chi connectivity index (χ2v) is 3.70. The van der Waals surface area contributed by atoms with Crippen LogP contribution in [-0.2, 0) is 6.54 Å². The van der Waals surface area contributed by atoms with Gasteiger partial charge in [-0.2, -0.15) is 5.10 Å². The van der Waals surface area contributed by atoms with E-state index in [1.165, 1.54) is 5.56 Å². The number of aromatic nitrogens is 2. The van der Waals surface area contributed by atoms with Crippen LogP contribution < -0.4 is 5.32 Å². The van der Waals surface area contributed by atoms with Crippen molar-refractivity contribution in [2.45, 2.75) is 13.5 Å². The molecule has 74 valence electrons. The van der Waals surface area contributed by atoms with Gasteiger partial charge in [0.05, 0.1) is 16.2 Å². The van der Waals surface area contributed by atoms with Crippen molar-refractivity contribution in [1.82, 2.24) is 14.9 Å². The molecule has 0 bridgehead atoms. The normalized spacial score (nSPS) is 11.1. The Balaban J connectivity index is 2.62. The summed E-state index contributed by atoms with van der Waals surface area (Å²) in [5.74, 6) is 0. The van der Waals surface area contributed by atoms with Crippen molar-refractivity contribution >= 4 is 17.1 Å². The van der Waals surface area contributed by atoms with Crippen molar-refractivity contribution in [3.8, 4) is 0 Å². The molecule has 14 heavy (non-hydrogen) atoms. The molecule has 4 heteroatoms. The molecule has 0 saturated carbocycles. The SMILES string of the molecule is CNCc1nn2ccc(C)cc2c1Cl. The van der Waals surface area contributed by atoms with Gasteiger partial charge in [-0.25, -0.2) is 4.52 Å². The molecule has 3 nitrogen and oxygen atoms in total. The maximum atomic E-state index is 6.18. The highest BCUT2D eigenvalue weighted by Crippen LogP contribution is 2.22. The summed E-state index contributed by atoms with van der Waals surface area (Å²) in [6.45, 7) is 2.74. The standard InChI is InChI=1S/C10H12ClN3/c1-7-3-4-14-9(5-7)10(11)8(13-14)6-12-2/h3-5,12H,6H2,1-2H3. The van der Waals surface area contributed by atoms with E-state index in [9.17, 15) is 0 Å². The van der Waals surface area contributed by atoms with E-state index in [4.69, 9.17) is 11.6 Å². The van der Waals surface area contributed by atoms with Gasteiger partial charge in [0, 0.05) is 12.7 Å². The molecule has 0 aliphatic heterocycles. The lowest BCUT2D eigenvalue weighted by molar-refractivity contribution is 0.770. The predicted octanol–water partition coefficient (Wildman–Crippen LogP) is 2.02. The lowest BCUT2D eigenvalue weighted by Crippen LogP contribution is -2.05. The van der Waals surface area contributed by atoms with Crippen LogP contribution in [0, 0.1) is 6.92 Å². The van der Waals surface area contributed by atoms with Gasteiger partial charge in [-0.15, -0.1) is 0 Å². The van der Waals surface area contributed by atoms with Gasteiger partial charge in [0.15, 0.2) is 0 Å². The van der Waals surface area contributed by atoms with Crippen molar-refractivity contribution < 1.29 is 0 Å². The Morgan fingerprint density at radius 1 is 1.57 bits per heavy atom. The highest BCUT2D eigenvalue weighted by Gasteiger charge is 2.09. The van der Waals surface area contributed by atoms with Crippen molar-refractivity contribution in [2.24, 2.45) is 0 Å². The summed E-state index contributed by atoms with van der Waals surface area (Å²) in [5.41, 5.74) is 3.05. The highest BCUT2D eigenvalue weighted by molar-refractivity contribution is 6.34. The smallest absolute Gasteiger partial charge is 0.0959 e. The van der Waals surface area contributed by atoms with Crippen LogP contribution >= 0.6 is 11.6 Å². The van der Waals surface area contributed by atoms with Gasteiger partial charge >= 0.3 is 0 Å². The zero-order valence-electron chi connectivity index (χ0n) is 8.21. The fourth-order valence-corrected chi connectivity index (χ4v) is 1.70. The summed E-state index contributed by atoms with van der Waals surface area (Å²) in [6.07, 6.45) is 1.93. The molecule has 0 aliphatic rings. The number of hydrogen-bond acceptors (Lipinski definition) is 2. The topological polar surface area (TPSA) is 29.3 Å². The highest BCUT2D eigenvalue weighted by atomic mass is 35.5. The largest absolute Gasteiger partial charge is 0.314 e. The van der Waals surface area contributed by atoms with Crippen LogP contribution in [0.2, 0.25) is 5.02 Å². The number of aryl methyl sites for hydroxylation is 1. The summed E-state index contributed by atoms with van der Waals surface area (Å²) >= 11 is 6.18. The molecule has 0 spiro atoms. The Morgan fingerprint density at radius 2 is 2.36 bits per heavy atom. The first kappa shape index (κ1) is 9.49. The molecule has 2 heterocycles. The molecule has 0 aromatic carbocycles. The lowest BCUT2D eigenvalue weighted by Gasteiger charge is -1.94. The van der Waals surface area contributed by atoms with Gasteiger partial charge in [0.2, 0.25) is 0 Å². The number of halogens is 1. The molecular weight excluding hydrogens is 198 g/mol. The van der Waals surface area contributed by atoms with Gasteiger partial charge < -0.3 is 5.32 Å². The van der Waals surface area contributed by atoms with E-state index < -0.39 is 0 Å². The van der Waals surface area contributed by atoms with Crippen molar-refractivity contribution in [3.63, 3.8) is 0 Å². The molecule has 0 radical (unpaired) electrons. The van der Waals surface area contributed by atoms with Crippen LogP contribution in [0.4, 0.5) is 0 Å². The van der Waals surface area contributed by atoms with Gasteiger partial charge in [-0.05, 0) is 31.7 Å². The molecule has 0 fully saturated rings. The minimum absolute atomic E-state index is 0.694. The maximum absolute atomic E-state index is 6.18. The predicted molar refractivity (Wildman–Crippen MR) is 57.7 cm³/mol. The molecule has 0 atom stereocenters. The Kier molecular flexibility index (Phi) is 2.44. The van der Waals surface area contributed by atoms with Crippen molar-refractivity contribution in [1.29, 1.82) is 0 Å². The minimum atomic E-state index is 0.694. The zero-order valence-corrected chi connectivity index (χ0v) is 8.97. The van der Waals surface area contributed by atoms with E-state index in [1.54, 1.807) is 0 Å². The second kappa shape index (κ2) is 3.59. The number of fused-ring (bicyclic) bond motifs is 1. The Hall–Kier alpha value is -1.06. The molecule has 1 N–H and O–H groups in total. The quantitative estimate of drug-likeness (QED) is 0.820. The first-order chi connectivity index (χ1) is 6.72. The first-order valence-electron chi connectivity index (χ1n) is 4.50. The van der Waals surface area contributed by atoms with E-state index in [1.807, 2.05) is 36.8 Å².